The Morgan fingerprint density at radius 3 is 2.88 bits per heavy atom. The van der Waals surface area contributed by atoms with Crippen molar-refractivity contribution < 1.29 is 0 Å². The minimum absolute atomic E-state index is 0.0481. The monoisotopic (exact) mass is 406 g/mol. The van der Waals surface area contributed by atoms with E-state index in [1.54, 1.807) is 4.68 Å². The maximum absolute atomic E-state index is 5.66. The lowest BCUT2D eigenvalue weighted by Gasteiger charge is -2.16. The second kappa shape index (κ2) is 5.47. The number of hydrogen-bond donors (Lipinski definition) is 2. The molecule has 1 aromatic heterocycles. The van der Waals surface area contributed by atoms with Gasteiger partial charge in [-0.1, -0.05) is 15.9 Å². The van der Waals surface area contributed by atoms with Gasteiger partial charge in [0.05, 0.1) is 12.2 Å². The Kier molecular flexibility index (Phi) is 4.18. The van der Waals surface area contributed by atoms with Crippen molar-refractivity contribution >= 4 is 38.5 Å². The normalized spacial score (nSPS) is 12.7. The van der Waals surface area contributed by atoms with Gasteiger partial charge in [0, 0.05) is 26.9 Å². The Morgan fingerprint density at radius 1 is 1.53 bits per heavy atom. The summed E-state index contributed by atoms with van der Waals surface area (Å²) in [4.78, 5) is 0. The van der Waals surface area contributed by atoms with Crippen LogP contribution in [0.1, 0.15) is 17.2 Å². The van der Waals surface area contributed by atoms with Crippen molar-refractivity contribution in [3.8, 4) is 0 Å². The third-order valence-corrected chi connectivity index (χ3v) is 3.97. The molecule has 0 bridgehead atoms. The topological polar surface area (TPSA) is 55.9 Å². The molecule has 4 nitrogen and oxygen atoms in total. The molecule has 0 aliphatic carbocycles. The molecule has 3 N–H and O–H groups in total. The molecular weight excluding hydrogens is 395 g/mol. The van der Waals surface area contributed by atoms with Crippen LogP contribution in [0, 0.1) is 3.57 Å². The SMILES string of the molecule is Cn1cc(C(NN)c2cc(Br)ccc2I)cn1. The molecule has 0 radical (unpaired) electrons. The summed E-state index contributed by atoms with van der Waals surface area (Å²) in [6.45, 7) is 0. The second-order valence-corrected chi connectivity index (χ2v) is 5.79. The van der Waals surface area contributed by atoms with Crippen LogP contribution in [0.5, 0.6) is 0 Å². The van der Waals surface area contributed by atoms with Crippen molar-refractivity contribution in [2.24, 2.45) is 12.9 Å². The highest BCUT2D eigenvalue weighted by atomic mass is 127. The zero-order valence-electron chi connectivity index (χ0n) is 9.19. The molecular formula is C11H12BrIN4. The van der Waals surface area contributed by atoms with E-state index in [2.05, 4.69) is 61.2 Å². The molecule has 6 heteroatoms. The lowest BCUT2D eigenvalue weighted by molar-refractivity contribution is 0.633. The van der Waals surface area contributed by atoms with E-state index in [0.717, 1.165) is 19.2 Å². The van der Waals surface area contributed by atoms with E-state index in [1.807, 2.05) is 25.5 Å². The van der Waals surface area contributed by atoms with Gasteiger partial charge >= 0.3 is 0 Å². The smallest absolute Gasteiger partial charge is 0.0751 e. The summed E-state index contributed by atoms with van der Waals surface area (Å²) in [5, 5.41) is 4.17. The van der Waals surface area contributed by atoms with Crippen molar-refractivity contribution in [2.45, 2.75) is 6.04 Å². The molecule has 0 aliphatic rings. The average Bonchev–Trinajstić information content (AvgIpc) is 2.71. The number of hydrazine groups is 1. The first-order valence-electron chi connectivity index (χ1n) is 5.01. The summed E-state index contributed by atoms with van der Waals surface area (Å²) < 4.78 is 3.97. The van der Waals surface area contributed by atoms with Gasteiger partial charge in [0.15, 0.2) is 0 Å². The van der Waals surface area contributed by atoms with Gasteiger partial charge in [0.2, 0.25) is 0 Å². The van der Waals surface area contributed by atoms with Crippen LogP contribution in [-0.4, -0.2) is 9.78 Å². The predicted molar refractivity (Wildman–Crippen MR) is 79.2 cm³/mol. The summed E-state index contributed by atoms with van der Waals surface area (Å²) in [5.74, 6) is 5.66. The molecule has 90 valence electrons. The predicted octanol–water partition coefficient (Wildman–Crippen LogP) is 2.34. The van der Waals surface area contributed by atoms with Crippen molar-refractivity contribution in [3.05, 3.63) is 49.8 Å². The minimum Gasteiger partial charge on any atom is -0.275 e. The van der Waals surface area contributed by atoms with Crippen molar-refractivity contribution in [1.29, 1.82) is 0 Å². The number of aryl methyl sites for hydroxylation is 1. The lowest BCUT2D eigenvalue weighted by Crippen LogP contribution is -2.29. The molecule has 1 unspecified atom stereocenters. The lowest BCUT2D eigenvalue weighted by atomic mass is 10.0. The highest BCUT2D eigenvalue weighted by molar-refractivity contribution is 14.1. The number of aromatic nitrogens is 2. The average molecular weight is 407 g/mol. The molecule has 1 atom stereocenters. The van der Waals surface area contributed by atoms with E-state index in [4.69, 9.17) is 5.84 Å². The fourth-order valence-electron chi connectivity index (χ4n) is 1.69. The molecule has 1 heterocycles. The van der Waals surface area contributed by atoms with Gasteiger partial charge < -0.3 is 0 Å². The van der Waals surface area contributed by atoms with Crippen molar-refractivity contribution in [2.75, 3.05) is 0 Å². The fraction of sp³-hybridized carbons (Fsp3) is 0.182. The quantitative estimate of drug-likeness (QED) is 0.467. The summed E-state index contributed by atoms with van der Waals surface area (Å²) in [6, 6.07) is 6.09. The van der Waals surface area contributed by atoms with Crippen LogP contribution in [0.2, 0.25) is 0 Å². The van der Waals surface area contributed by atoms with E-state index in [1.165, 1.54) is 0 Å². The highest BCUT2D eigenvalue weighted by Gasteiger charge is 2.17. The molecule has 17 heavy (non-hydrogen) atoms. The van der Waals surface area contributed by atoms with E-state index in [0.29, 0.717) is 0 Å². The van der Waals surface area contributed by atoms with E-state index < -0.39 is 0 Å². The van der Waals surface area contributed by atoms with Crippen LogP contribution >= 0.6 is 38.5 Å². The number of hydrogen-bond acceptors (Lipinski definition) is 3. The zero-order valence-corrected chi connectivity index (χ0v) is 12.9. The van der Waals surface area contributed by atoms with Gasteiger partial charge in [-0.05, 0) is 46.4 Å². The van der Waals surface area contributed by atoms with Gasteiger partial charge in [-0.2, -0.15) is 5.10 Å². The molecule has 0 saturated carbocycles. The Labute approximate surface area is 122 Å². The number of nitrogens with zero attached hydrogens (tertiary/aromatic N) is 2. The van der Waals surface area contributed by atoms with E-state index in [-0.39, 0.29) is 6.04 Å². The fourth-order valence-corrected chi connectivity index (χ4v) is 2.72. The first-order chi connectivity index (χ1) is 8.11. The molecule has 0 saturated heterocycles. The Balaban J connectivity index is 2.45. The van der Waals surface area contributed by atoms with Crippen LogP contribution < -0.4 is 11.3 Å². The van der Waals surface area contributed by atoms with Crippen LogP contribution in [0.15, 0.2) is 35.1 Å². The Bertz CT molecular complexity index is 526. The van der Waals surface area contributed by atoms with Gasteiger partial charge in [0.25, 0.3) is 0 Å². The van der Waals surface area contributed by atoms with Crippen LogP contribution in [0.4, 0.5) is 0 Å². The first kappa shape index (κ1) is 13.0. The van der Waals surface area contributed by atoms with Crippen molar-refractivity contribution in [3.63, 3.8) is 0 Å². The number of halogens is 2. The second-order valence-electron chi connectivity index (χ2n) is 3.71. The molecule has 0 aliphatic heterocycles. The maximum atomic E-state index is 5.66. The van der Waals surface area contributed by atoms with E-state index in [9.17, 15) is 0 Å². The summed E-state index contributed by atoms with van der Waals surface area (Å²) in [6.07, 6.45) is 3.78. The summed E-state index contributed by atoms with van der Waals surface area (Å²) in [5.41, 5.74) is 5.02. The van der Waals surface area contributed by atoms with Gasteiger partial charge in [0.1, 0.15) is 0 Å². The number of nitrogens with one attached hydrogen (secondary N) is 1. The van der Waals surface area contributed by atoms with Crippen molar-refractivity contribution in [1.82, 2.24) is 15.2 Å². The molecule has 0 spiro atoms. The van der Waals surface area contributed by atoms with Crippen LogP contribution in [0.3, 0.4) is 0 Å². The maximum Gasteiger partial charge on any atom is 0.0751 e. The van der Waals surface area contributed by atoms with Gasteiger partial charge in [-0.15, -0.1) is 0 Å². The molecule has 0 fully saturated rings. The van der Waals surface area contributed by atoms with Gasteiger partial charge in [-0.3, -0.25) is 10.5 Å². The van der Waals surface area contributed by atoms with Crippen LogP contribution in [-0.2, 0) is 7.05 Å². The molecule has 0 amide bonds. The third-order valence-electron chi connectivity index (χ3n) is 2.49. The Morgan fingerprint density at radius 2 is 2.29 bits per heavy atom. The van der Waals surface area contributed by atoms with Gasteiger partial charge in [-0.25, -0.2) is 5.43 Å². The molecule has 2 rings (SSSR count). The molecule has 1 aromatic carbocycles. The van der Waals surface area contributed by atoms with Crippen LogP contribution in [0.25, 0.3) is 0 Å². The summed E-state index contributed by atoms with van der Waals surface area (Å²) in [7, 11) is 1.89. The third kappa shape index (κ3) is 2.87. The largest absolute Gasteiger partial charge is 0.275 e. The minimum atomic E-state index is -0.0481. The standard InChI is InChI=1S/C11H12BrIN4/c1-17-6-7(5-15-17)11(16-14)9-4-8(12)2-3-10(9)13/h2-6,11,16H,14H2,1H3. The number of benzene rings is 1. The first-order valence-corrected chi connectivity index (χ1v) is 6.88. The molecule has 2 aromatic rings. The van der Waals surface area contributed by atoms with E-state index >= 15 is 0 Å². The zero-order chi connectivity index (χ0) is 12.4. The number of nitrogens with two attached hydrogens (primary N) is 1. The Hall–Kier alpha value is -0.440. The number of rotatable bonds is 3. The summed E-state index contributed by atoms with van der Waals surface area (Å²) >= 11 is 5.78. The highest BCUT2D eigenvalue weighted by Crippen LogP contribution is 2.28.